The van der Waals surface area contributed by atoms with Gasteiger partial charge in [-0.25, -0.2) is 9.97 Å². The summed E-state index contributed by atoms with van der Waals surface area (Å²) in [5.74, 6) is 2.01. The summed E-state index contributed by atoms with van der Waals surface area (Å²) in [5.41, 5.74) is 1.13. The maximum Gasteiger partial charge on any atom is 0.233 e. The van der Waals surface area contributed by atoms with Gasteiger partial charge in [0.25, 0.3) is 0 Å². The molecular formula is C22H27Cl2N5OS. The van der Waals surface area contributed by atoms with Gasteiger partial charge in [0.15, 0.2) is 5.16 Å². The summed E-state index contributed by atoms with van der Waals surface area (Å²) in [6, 6.07) is 9.74. The first-order chi connectivity index (χ1) is 15.0. The van der Waals surface area contributed by atoms with Gasteiger partial charge in [-0.15, -0.1) is 0 Å². The number of anilines is 2. The number of rotatable bonds is 5. The highest BCUT2D eigenvalue weighted by Crippen LogP contribution is 2.26. The Hall–Kier alpha value is -1.70. The van der Waals surface area contributed by atoms with Crippen LogP contribution in [0.4, 0.5) is 11.5 Å². The highest BCUT2D eigenvalue weighted by atomic mass is 35.5. The molecule has 4 rings (SSSR count). The minimum Gasteiger partial charge on any atom is -0.368 e. The number of thioether (sulfide) groups is 1. The third kappa shape index (κ3) is 5.96. The Kier molecular flexibility index (Phi) is 7.46. The molecule has 31 heavy (non-hydrogen) atoms. The van der Waals surface area contributed by atoms with Crippen LogP contribution in [0.3, 0.4) is 0 Å². The standard InChI is InChI=1S/C22H27Cl2N5OS/c1-16-5-7-29(8-6-16)21(30)15-31-22-25-19(24)14-20(26-22)28-11-9-27(10-12-28)18-4-2-3-17(23)13-18/h2-4,13-14,16H,5-12,15H2,1H3. The van der Waals surface area contributed by atoms with E-state index < -0.39 is 0 Å². The molecule has 2 fully saturated rings. The van der Waals surface area contributed by atoms with Crippen LogP contribution < -0.4 is 9.80 Å². The van der Waals surface area contributed by atoms with E-state index in [1.807, 2.05) is 23.1 Å². The lowest BCUT2D eigenvalue weighted by Gasteiger charge is -2.36. The van der Waals surface area contributed by atoms with Gasteiger partial charge in [-0.05, 0) is 37.0 Å². The number of hydrogen-bond donors (Lipinski definition) is 0. The van der Waals surface area contributed by atoms with Gasteiger partial charge in [0.1, 0.15) is 11.0 Å². The van der Waals surface area contributed by atoms with Crippen molar-refractivity contribution in [1.82, 2.24) is 14.9 Å². The number of halogens is 2. The first-order valence-electron chi connectivity index (χ1n) is 10.7. The number of likely N-dealkylation sites (tertiary alicyclic amines) is 1. The fraction of sp³-hybridized carbons (Fsp3) is 0.500. The molecule has 0 radical (unpaired) electrons. The number of carbonyl (C=O) groups excluding carboxylic acids is 1. The molecule has 0 atom stereocenters. The lowest BCUT2D eigenvalue weighted by Crippen LogP contribution is -2.46. The van der Waals surface area contributed by atoms with Crippen LogP contribution in [0.1, 0.15) is 19.8 Å². The summed E-state index contributed by atoms with van der Waals surface area (Å²) >= 11 is 13.8. The molecule has 0 bridgehead atoms. The zero-order valence-electron chi connectivity index (χ0n) is 17.6. The third-order valence-electron chi connectivity index (χ3n) is 5.90. The van der Waals surface area contributed by atoms with Crippen LogP contribution in [0, 0.1) is 5.92 Å². The molecule has 2 aliphatic rings. The summed E-state index contributed by atoms with van der Waals surface area (Å²) in [6.45, 7) is 7.33. The van der Waals surface area contributed by atoms with Crippen LogP contribution in [0.5, 0.6) is 0 Å². The van der Waals surface area contributed by atoms with Crippen LogP contribution >= 0.6 is 35.0 Å². The fourth-order valence-electron chi connectivity index (χ4n) is 3.95. The zero-order valence-corrected chi connectivity index (χ0v) is 20.0. The summed E-state index contributed by atoms with van der Waals surface area (Å²) in [5, 5.41) is 1.71. The Bertz CT molecular complexity index is 915. The van der Waals surface area contributed by atoms with E-state index in [-0.39, 0.29) is 5.91 Å². The number of hydrogen-bond acceptors (Lipinski definition) is 6. The second-order valence-corrected chi connectivity index (χ2v) is 9.90. The molecule has 1 aromatic heterocycles. The molecule has 0 unspecified atom stereocenters. The van der Waals surface area contributed by atoms with Gasteiger partial charge < -0.3 is 14.7 Å². The maximum absolute atomic E-state index is 12.5. The normalized spacial score (nSPS) is 17.8. The monoisotopic (exact) mass is 479 g/mol. The predicted octanol–water partition coefficient (Wildman–Crippen LogP) is 4.46. The molecule has 0 spiro atoms. The molecule has 9 heteroatoms. The molecule has 1 amide bonds. The number of benzene rings is 1. The van der Waals surface area contributed by atoms with Gasteiger partial charge in [0, 0.05) is 56.0 Å². The highest BCUT2D eigenvalue weighted by Gasteiger charge is 2.22. The lowest BCUT2D eigenvalue weighted by atomic mass is 9.99. The van der Waals surface area contributed by atoms with Crippen LogP contribution in [0.2, 0.25) is 10.2 Å². The Morgan fingerprint density at radius 1 is 1.03 bits per heavy atom. The predicted molar refractivity (Wildman–Crippen MR) is 129 cm³/mol. The molecular weight excluding hydrogens is 453 g/mol. The third-order valence-corrected chi connectivity index (χ3v) is 7.16. The summed E-state index contributed by atoms with van der Waals surface area (Å²) in [7, 11) is 0. The Morgan fingerprint density at radius 2 is 1.74 bits per heavy atom. The van der Waals surface area contributed by atoms with Gasteiger partial charge in [0.05, 0.1) is 5.75 Å². The van der Waals surface area contributed by atoms with Gasteiger partial charge in [-0.2, -0.15) is 0 Å². The number of carbonyl (C=O) groups is 1. The molecule has 166 valence electrons. The average molecular weight is 480 g/mol. The van der Waals surface area contributed by atoms with E-state index in [1.54, 1.807) is 6.07 Å². The maximum atomic E-state index is 12.5. The molecule has 0 N–H and O–H groups in total. The zero-order chi connectivity index (χ0) is 21.8. The van der Waals surface area contributed by atoms with E-state index in [1.165, 1.54) is 11.8 Å². The molecule has 3 heterocycles. The lowest BCUT2D eigenvalue weighted by molar-refractivity contribution is -0.129. The van der Waals surface area contributed by atoms with Crippen molar-refractivity contribution in [1.29, 1.82) is 0 Å². The van der Waals surface area contributed by atoms with Crippen molar-refractivity contribution in [3.63, 3.8) is 0 Å². The summed E-state index contributed by atoms with van der Waals surface area (Å²) in [4.78, 5) is 28.0. The molecule has 2 aliphatic heterocycles. The van der Waals surface area contributed by atoms with Crippen LogP contribution in [-0.4, -0.2) is 65.8 Å². The van der Waals surface area contributed by atoms with Crippen molar-refractivity contribution < 1.29 is 4.79 Å². The minimum atomic E-state index is 0.150. The van der Waals surface area contributed by atoms with Crippen molar-refractivity contribution in [2.45, 2.75) is 24.9 Å². The van der Waals surface area contributed by atoms with E-state index >= 15 is 0 Å². The largest absolute Gasteiger partial charge is 0.368 e. The average Bonchev–Trinajstić information content (AvgIpc) is 2.78. The van der Waals surface area contributed by atoms with E-state index in [2.05, 4.69) is 32.8 Å². The van der Waals surface area contributed by atoms with E-state index in [0.29, 0.717) is 22.0 Å². The first kappa shape index (κ1) is 22.5. The second-order valence-electron chi connectivity index (χ2n) is 8.14. The van der Waals surface area contributed by atoms with Gasteiger partial charge in [-0.3, -0.25) is 4.79 Å². The number of aromatic nitrogens is 2. The summed E-state index contributed by atoms with van der Waals surface area (Å²) in [6.07, 6.45) is 2.16. The van der Waals surface area contributed by atoms with Crippen LogP contribution in [0.15, 0.2) is 35.5 Å². The van der Waals surface area contributed by atoms with E-state index in [0.717, 1.165) is 68.6 Å². The van der Waals surface area contributed by atoms with Crippen LogP contribution in [0.25, 0.3) is 0 Å². The minimum absolute atomic E-state index is 0.150. The summed E-state index contributed by atoms with van der Waals surface area (Å²) < 4.78 is 0. The molecule has 6 nitrogen and oxygen atoms in total. The van der Waals surface area contributed by atoms with Crippen molar-refractivity contribution >= 4 is 52.4 Å². The number of piperazine rings is 1. The smallest absolute Gasteiger partial charge is 0.233 e. The Morgan fingerprint density at radius 3 is 2.45 bits per heavy atom. The van der Waals surface area contributed by atoms with Crippen molar-refractivity contribution in [3.05, 3.63) is 40.5 Å². The van der Waals surface area contributed by atoms with Gasteiger partial charge in [-0.1, -0.05) is 48.0 Å². The van der Waals surface area contributed by atoms with E-state index in [9.17, 15) is 4.79 Å². The van der Waals surface area contributed by atoms with Crippen molar-refractivity contribution in [2.24, 2.45) is 5.92 Å². The molecule has 0 aliphatic carbocycles. The Balaban J connectivity index is 1.34. The number of piperidine rings is 1. The molecule has 0 saturated carbocycles. The number of nitrogens with zero attached hydrogens (tertiary/aromatic N) is 5. The fourth-order valence-corrected chi connectivity index (χ4v) is 5.12. The molecule has 1 aromatic carbocycles. The number of amides is 1. The van der Waals surface area contributed by atoms with Gasteiger partial charge in [0.2, 0.25) is 5.91 Å². The molecule has 2 aromatic rings. The first-order valence-corrected chi connectivity index (χ1v) is 12.4. The Labute approximate surface area is 197 Å². The topological polar surface area (TPSA) is 52.6 Å². The highest BCUT2D eigenvalue weighted by molar-refractivity contribution is 7.99. The second kappa shape index (κ2) is 10.3. The molecule has 2 saturated heterocycles. The van der Waals surface area contributed by atoms with Gasteiger partial charge >= 0.3 is 0 Å². The van der Waals surface area contributed by atoms with E-state index in [4.69, 9.17) is 23.2 Å². The SMILES string of the molecule is CC1CCN(C(=O)CSc2nc(Cl)cc(N3CCN(c4cccc(Cl)c4)CC3)n2)CC1. The quantitative estimate of drug-likeness (QED) is 0.358. The van der Waals surface area contributed by atoms with Crippen molar-refractivity contribution in [2.75, 3.05) is 54.8 Å². The van der Waals surface area contributed by atoms with Crippen molar-refractivity contribution in [3.8, 4) is 0 Å². The van der Waals surface area contributed by atoms with Crippen LogP contribution in [-0.2, 0) is 4.79 Å².